The van der Waals surface area contributed by atoms with Crippen LogP contribution in [-0.2, 0) is 6.54 Å². The molecule has 0 heterocycles. The van der Waals surface area contributed by atoms with Gasteiger partial charge in [-0.2, -0.15) is 0 Å². The van der Waals surface area contributed by atoms with E-state index in [9.17, 15) is 4.79 Å². The van der Waals surface area contributed by atoms with Gasteiger partial charge >= 0.3 is 0 Å². The van der Waals surface area contributed by atoms with Crippen LogP contribution in [0.1, 0.15) is 28.8 Å². The number of nitrogens with zero attached hydrogens (tertiary/aromatic N) is 1. The van der Waals surface area contributed by atoms with E-state index < -0.39 is 0 Å². The van der Waals surface area contributed by atoms with Crippen LogP contribution in [0.4, 0.5) is 0 Å². The van der Waals surface area contributed by atoms with Crippen LogP contribution < -0.4 is 18.9 Å². The molecule has 0 atom stereocenters. The van der Waals surface area contributed by atoms with Crippen molar-refractivity contribution < 1.29 is 23.7 Å². The fourth-order valence-electron chi connectivity index (χ4n) is 3.05. The largest absolute Gasteiger partial charge is 0.497 e. The average Bonchev–Trinajstić information content (AvgIpc) is 3.55. The molecule has 2 aromatic rings. The Bertz CT molecular complexity index is 774. The molecule has 1 aliphatic carbocycles. The van der Waals surface area contributed by atoms with Crippen LogP contribution in [0.15, 0.2) is 36.4 Å². The number of carbonyl (C=O) groups excluding carboxylic acids is 1. The van der Waals surface area contributed by atoms with Crippen LogP contribution in [0, 0.1) is 0 Å². The number of benzene rings is 2. The second-order valence-electron chi connectivity index (χ2n) is 6.43. The van der Waals surface area contributed by atoms with E-state index in [4.69, 9.17) is 18.9 Å². The second-order valence-corrected chi connectivity index (χ2v) is 6.43. The van der Waals surface area contributed by atoms with Gasteiger partial charge in [-0.1, -0.05) is 12.1 Å². The van der Waals surface area contributed by atoms with Crippen LogP contribution in [0.3, 0.4) is 0 Å². The molecule has 1 saturated carbocycles. The normalized spacial score (nSPS) is 13.0. The van der Waals surface area contributed by atoms with Gasteiger partial charge in [0.1, 0.15) is 5.75 Å². The fourth-order valence-corrected chi connectivity index (χ4v) is 3.05. The summed E-state index contributed by atoms with van der Waals surface area (Å²) in [5.74, 6) is 2.17. The lowest BCUT2D eigenvalue weighted by Gasteiger charge is -2.24. The van der Waals surface area contributed by atoms with Gasteiger partial charge < -0.3 is 23.8 Å². The minimum absolute atomic E-state index is 0.0485. The van der Waals surface area contributed by atoms with Gasteiger partial charge in [0.25, 0.3) is 5.91 Å². The van der Waals surface area contributed by atoms with Gasteiger partial charge in [0.05, 0.1) is 28.4 Å². The summed E-state index contributed by atoms with van der Waals surface area (Å²) in [5, 5.41) is 0. The summed E-state index contributed by atoms with van der Waals surface area (Å²) in [6.07, 6.45) is 2.04. The number of hydrogen-bond donors (Lipinski definition) is 0. The smallest absolute Gasteiger partial charge is 0.254 e. The summed E-state index contributed by atoms with van der Waals surface area (Å²) in [6.45, 7) is 0.546. The number of ether oxygens (including phenoxy) is 4. The molecule has 0 aliphatic heterocycles. The monoisotopic (exact) mass is 371 g/mol. The number of amides is 1. The average molecular weight is 371 g/mol. The van der Waals surface area contributed by atoms with E-state index in [0.29, 0.717) is 29.4 Å². The molecular weight excluding hydrogens is 346 g/mol. The maximum absolute atomic E-state index is 13.2. The lowest BCUT2D eigenvalue weighted by Crippen LogP contribution is -2.32. The van der Waals surface area contributed by atoms with Gasteiger partial charge in [0.2, 0.25) is 5.75 Å². The topological polar surface area (TPSA) is 57.2 Å². The molecule has 144 valence electrons. The zero-order valence-electron chi connectivity index (χ0n) is 16.2. The van der Waals surface area contributed by atoms with Crippen molar-refractivity contribution in [3.05, 3.63) is 47.5 Å². The Morgan fingerprint density at radius 2 is 1.52 bits per heavy atom. The molecule has 27 heavy (non-hydrogen) atoms. The molecule has 0 radical (unpaired) electrons. The highest BCUT2D eigenvalue weighted by atomic mass is 16.5. The first-order valence-corrected chi connectivity index (χ1v) is 8.85. The molecule has 0 N–H and O–H groups in total. The molecule has 1 aliphatic rings. The summed E-state index contributed by atoms with van der Waals surface area (Å²) in [7, 11) is 6.27. The molecule has 1 amide bonds. The molecule has 0 unspecified atom stereocenters. The quantitative estimate of drug-likeness (QED) is 0.711. The highest BCUT2D eigenvalue weighted by Crippen LogP contribution is 2.39. The van der Waals surface area contributed by atoms with Gasteiger partial charge in [0, 0.05) is 18.2 Å². The summed E-state index contributed by atoms with van der Waals surface area (Å²) in [5.41, 5.74) is 1.58. The van der Waals surface area contributed by atoms with Gasteiger partial charge in [-0.25, -0.2) is 0 Å². The van der Waals surface area contributed by atoms with Crippen molar-refractivity contribution >= 4 is 5.91 Å². The molecule has 1 fully saturated rings. The van der Waals surface area contributed by atoms with Crippen molar-refractivity contribution in [1.82, 2.24) is 4.90 Å². The predicted octanol–water partition coefficient (Wildman–Crippen LogP) is 3.53. The Morgan fingerprint density at radius 3 is 1.96 bits per heavy atom. The van der Waals surface area contributed by atoms with E-state index in [1.54, 1.807) is 40.6 Å². The summed E-state index contributed by atoms with van der Waals surface area (Å²) in [4.78, 5) is 15.1. The van der Waals surface area contributed by atoms with Crippen molar-refractivity contribution in [2.75, 3.05) is 28.4 Å². The van der Waals surface area contributed by atoms with Crippen molar-refractivity contribution in [1.29, 1.82) is 0 Å². The summed E-state index contributed by atoms with van der Waals surface area (Å²) >= 11 is 0. The van der Waals surface area contributed by atoms with Crippen molar-refractivity contribution in [2.24, 2.45) is 0 Å². The van der Waals surface area contributed by atoms with E-state index in [-0.39, 0.29) is 11.9 Å². The van der Waals surface area contributed by atoms with Crippen LogP contribution in [0.2, 0.25) is 0 Å². The van der Waals surface area contributed by atoms with E-state index >= 15 is 0 Å². The minimum Gasteiger partial charge on any atom is -0.497 e. The number of hydrogen-bond acceptors (Lipinski definition) is 5. The van der Waals surface area contributed by atoms with Crippen LogP contribution in [0.5, 0.6) is 23.0 Å². The second kappa shape index (κ2) is 8.20. The third-order valence-corrected chi connectivity index (χ3v) is 4.67. The van der Waals surface area contributed by atoms with Gasteiger partial charge in [-0.3, -0.25) is 4.79 Å². The standard InChI is InChI=1S/C21H25NO5/c1-24-17-9-5-14(6-10-17)13-22(16-7-8-16)21(23)15-11-18(25-2)20(27-4)19(12-15)26-3/h5-6,9-12,16H,7-8,13H2,1-4H3. The molecule has 3 rings (SSSR count). The van der Waals surface area contributed by atoms with Crippen molar-refractivity contribution in [3.8, 4) is 23.0 Å². The molecule has 6 heteroatoms. The Balaban J connectivity index is 1.88. The minimum atomic E-state index is -0.0485. The number of rotatable bonds is 8. The van der Waals surface area contributed by atoms with Gasteiger partial charge in [-0.05, 0) is 42.7 Å². The highest BCUT2D eigenvalue weighted by molar-refractivity contribution is 5.96. The molecule has 2 aromatic carbocycles. The Hall–Kier alpha value is -2.89. The van der Waals surface area contributed by atoms with Crippen LogP contribution in [-0.4, -0.2) is 45.3 Å². The van der Waals surface area contributed by atoms with Crippen LogP contribution in [0.25, 0.3) is 0 Å². The van der Waals surface area contributed by atoms with Crippen molar-refractivity contribution in [2.45, 2.75) is 25.4 Å². The maximum Gasteiger partial charge on any atom is 0.254 e. The lowest BCUT2D eigenvalue weighted by molar-refractivity contribution is 0.0729. The third kappa shape index (κ3) is 4.10. The summed E-state index contributed by atoms with van der Waals surface area (Å²) < 4.78 is 21.3. The predicted molar refractivity (Wildman–Crippen MR) is 102 cm³/mol. The lowest BCUT2D eigenvalue weighted by atomic mass is 10.1. The number of methoxy groups -OCH3 is 4. The Morgan fingerprint density at radius 1 is 0.926 bits per heavy atom. The molecule has 0 saturated heterocycles. The van der Waals surface area contributed by atoms with E-state index in [2.05, 4.69) is 0 Å². The SMILES string of the molecule is COc1ccc(CN(C(=O)c2cc(OC)c(OC)c(OC)c2)C2CC2)cc1. The molecule has 0 spiro atoms. The maximum atomic E-state index is 13.2. The van der Waals surface area contributed by atoms with Gasteiger partial charge in [-0.15, -0.1) is 0 Å². The third-order valence-electron chi connectivity index (χ3n) is 4.67. The van der Waals surface area contributed by atoms with E-state index in [0.717, 1.165) is 24.2 Å². The Labute approximate surface area is 159 Å². The molecular formula is C21H25NO5. The highest BCUT2D eigenvalue weighted by Gasteiger charge is 2.34. The first-order valence-electron chi connectivity index (χ1n) is 8.85. The first-order chi connectivity index (χ1) is 13.1. The summed E-state index contributed by atoms with van der Waals surface area (Å²) in [6, 6.07) is 11.4. The molecule has 6 nitrogen and oxygen atoms in total. The molecule has 0 aromatic heterocycles. The van der Waals surface area contributed by atoms with Crippen LogP contribution >= 0.6 is 0 Å². The van der Waals surface area contributed by atoms with E-state index in [1.165, 1.54) is 0 Å². The van der Waals surface area contributed by atoms with Crippen molar-refractivity contribution in [3.63, 3.8) is 0 Å². The Kier molecular flexibility index (Phi) is 5.74. The van der Waals surface area contributed by atoms with Gasteiger partial charge in [0.15, 0.2) is 11.5 Å². The zero-order valence-corrected chi connectivity index (χ0v) is 16.2. The first kappa shape index (κ1) is 18.9. The molecule has 0 bridgehead atoms. The van der Waals surface area contributed by atoms with E-state index in [1.807, 2.05) is 29.2 Å². The zero-order chi connectivity index (χ0) is 19.4. The number of carbonyl (C=O) groups is 1. The fraction of sp³-hybridized carbons (Fsp3) is 0.381.